The minimum Gasteiger partial charge on any atom is -0.488 e. The van der Waals surface area contributed by atoms with E-state index in [0.29, 0.717) is 22.5 Å². The molecule has 0 spiro atoms. The van der Waals surface area contributed by atoms with E-state index in [1.54, 1.807) is 31.2 Å². The number of fused-ring (bicyclic) bond motifs is 7. The number of furan rings is 1. The van der Waals surface area contributed by atoms with Gasteiger partial charge in [-0.1, -0.05) is 18.2 Å². The Morgan fingerprint density at radius 3 is 2.67 bits per heavy atom. The summed E-state index contributed by atoms with van der Waals surface area (Å²) in [5.74, 6) is -1.18. The quantitative estimate of drug-likeness (QED) is 0.293. The molecule has 1 atom stereocenters. The Balaban J connectivity index is 1.55. The predicted octanol–water partition coefficient (Wildman–Crippen LogP) is 5.95. The molecule has 0 radical (unpaired) electrons. The molecule has 39 heavy (non-hydrogen) atoms. The lowest BCUT2D eigenvalue weighted by Crippen LogP contribution is -2.38. The third-order valence-electron chi connectivity index (χ3n) is 7.13. The topological polar surface area (TPSA) is 73.5 Å². The molecule has 3 heterocycles. The number of benzene rings is 3. The van der Waals surface area contributed by atoms with Crippen LogP contribution in [0.1, 0.15) is 33.9 Å². The summed E-state index contributed by atoms with van der Waals surface area (Å²) in [4.78, 5) is 27.0. The number of hydrogen-bond acceptors (Lipinski definition) is 4. The maximum Gasteiger partial charge on any atom is 0.262 e. The van der Waals surface area contributed by atoms with Crippen LogP contribution in [-0.2, 0) is 17.9 Å². The van der Waals surface area contributed by atoms with Gasteiger partial charge in [0.25, 0.3) is 5.56 Å². The Kier molecular flexibility index (Phi) is 6.02. The Bertz CT molecular complexity index is 1820. The molecule has 5 aromatic rings. The van der Waals surface area contributed by atoms with Gasteiger partial charge >= 0.3 is 0 Å². The standard InChI is InChI=1S/C31H24F2N2O4/c1-17-4-3-5-26-27(17)20-12-18(2)28(33)21(14-20)15-34-30(36)29(23-13-19(16-39-26)6-7-24(23)32)35-10-8-25-22(31(35)37)9-11-38-25/h3-14,29H,15-16H2,1-2H3,(H,34,36). The smallest absolute Gasteiger partial charge is 0.262 e. The fraction of sp³-hybridized carbons (Fsp3) is 0.161. The van der Waals surface area contributed by atoms with Crippen molar-refractivity contribution < 1.29 is 22.7 Å². The number of aromatic nitrogens is 1. The Morgan fingerprint density at radius 1 is 0.974 bits per heavy atom. The molecule has 0 saturated carbocycles. The van der Waals surface area contributed by atoms with Crippen molar-refractivity contribution in [2.24, 2.45) is 0 Å². The van der Waals surface area contributed by atoms with Gasteiger partial charge in [-0.25, -0.2) is 8.78 Å². The van der Waals surface area contributed by atoms with Crippen LogP contribution in [-0.4, -0.2) is 10.5 Å². The molecule has 196 valence electrons. The van der Waals surface area contributed by atoms with Gasteiger partial charge in [0, 0.05) is 29.4 Å². The van der Waals surface area contributed by atoms with Crippen LogP contribution >= 0.6 is 0 Å². The molecule has 0 saturated heterocycles. The summed E-state index contributed by atoms with van der Waals surface area (Å²) in [6.45, 7) is 3.53. The summed E-state index contributed by atoms with van der Waals surface area (Å²) < 4.78 is 43.3. The van der Waals surface area contributed by atoms with Crippen LogP contribution in [0.2, 0.25) is 0 Å². The van der Waals surface area contributed by atoms with Crippen molar-refractivity contribution in [3.8, 4) is 16.9 Å². The van der Waals surface area contributed by atoms with Gasteiger partial charge in [0.05, 0.1) is 11.6 Å². The minimum atomic E-state index is -1.36. The van der Waals surface area contributed by atoms with E-state index >= 15 is 8.78 Å². The summed E-state index contributed by atoms with van der Waals surface area (Å²) >= 11 is 0. The molecular formula is C31H24F2N2O4. The van der Waals surface area contributed by atoms with Crippen LogP contribution in [0.3, 0.4) is 0 Å². The lowest BCUT2D eigenvalue weighted by molar-refractivity contribution is -0.123. The molecule has 2 aromatic heterocycles. The molecule has 6 rings (SSSR count). The zero-order chi connectivity index (χ0) is 27.3. The van der Waals surface area contributed by atoms with E-state index in [4.69, 9.17) is 9.15 Å². The van der Waals surface area contributed by atoms with Crippen LogP contribution in [0.4, 0.5) is 8.78 Å². The van der Waals surface area contributed by atoms with Crippen LogP contribution in [0.25, 0.3) is 22.1 Å². The molecular weight excluding hydrogens is 502 g/mol. The van der Waals surface area contributed by atoms with Crippen LogP contribution < -0.4 is 15.6 Å². The SMILES string of the molecule is Cc1cc2cc(c1F)CNC(=O)C(n1ccc3occc3c1=O)c1cc(ccc1F)COc1cccc(C)c1-2. The molecule has 1 aliphatic heterocycles. The summed E-state index contributed by atoms with van der Waals surface area (Å²) in [7, 11) is 0. The number of amides is 1. The first-order valence-corrected chi connectivity index (χ1v) is 12.5. The Hall–Kier alpha value is -4.72. The number of pyridine rings is 1. The monoisotopic (exact) mass is 526 g/mol. The molecule has 6 nitrogen and oxygen atoms in total. The van der Waals surface area contributed by atoms with Gasteiger partial charge in [-0.2, -0.15) is 0 Å². The van der Waals surface area contributed by atoms with E-state index in [1.807, 2.05) is 25.1 Å². The normalized spacial score (nSPS) is 15.3. The summed E-state index contributed by atoms with van der Waals surface area (Å²) in [6.07, 6.45) is 2.77. The van der Waals surface area contributed by atoms with Crippen LogP contribution in [0.15, 0.2) is 82.3 Å². The van der Waals surface area contributed by atoms with Crippen molar-refractivity contribution in [1.82, 2.24) is 9.88 Å². The van der Waals surface area contributed by atoms with Gasteiger partial charge in [-0.15, -0.1) is 0 Å². The molecule has 8 heteroatoms. The van der Waals surface area contributed by atoms with E-state index in [9.17, 15) is 9.59 Å². The van der Waals surface area contributed by atoms with E-state index < -0.39 is 29.1 Å². The maximum atomic E-state index is 15.3. The number of halogens is 2. The Morgan fingerprint density at radius 2 is 1.82 bits per heavy atom. The average Bonchev–Trinajstić information content (AvgIpc) is 3.40. The summed E-state index contributed by atoms with van der Waals surface area (Å²) in [5.41, 5.74) is 3.61. The molecule has 1 unspecified atom stereocenters. The second kappa shape index (κ2) is 9.54. The highest BCUT2D eigenvalue weighted by atomic mass is 19.1. The highest BCUT2D eigenvalue weighted by molar-refractivity contribution is 5.85. The predicted molar refractivity (Wildman–Crippen MR) is 143 cm³/mol. The van der Waals surface area contributed by atoms with Crippen LogP contribution in [0.5, 0.6) is 5.75 Å². The van der Waals surface area contributed by atoms with Crippen molar-refractivity contribution in [3.05, 3.63) is 123 Å². The Labute approximate surface area is 222 Å². The highest BCUT2D eigenvalue weighted by Crippen LogP contribution is 2.36. The third-order valence-corrected chi connectivity index (χ3v) is 7.13. The van der Waals surface area contributed by atoms with Gasteiger partial charge in [-0.3, -0.25) is 14.2 Å². The largest absolute Gasteiger partial charge is 0.488 e. The van der Waals surface area contributed by atoms with Gasteiger partial charge < -0.3 is 14.5 Å². The number of carbonyl (C=O) groups is 1. The highest BCUT2D eigenvalue weighted by Gasteiger charge is 2.28. The van der Waals surface area contributed by atoms with E-state index in [0.717, 1.165) is 16.7 Å². The number of aryl methyl sites for hydroxylation is 2. The summed E-state index contributed by atoms with van der Waals surface area (Å²) in [5, 5.41) is 3.00. The first kappa shape index (κ1) is 24.6. The zero-order valence-electron chi connectivity index (χ0n) is 21.3. The minimum absolute atomic E-state index is 0.00882. The number of rotatable bonds is 1. The second-order valence-corrected chi connectivity index (χ2v) is 9.71. The molecule has 4 bridgehead atoms. The molecule has 0 fully saturated rings. The lowest BCUT2D eigenvalue weighted by atomic mass is 9.95. The number of nitrogens with one attached hydrogen (secondary N) is 1. The number of carbonyl (C=O) groups excluding carboxylic acids is 1. The molecule has 1 N–H and O–H groups in total. The first-order chi connectivity index (χ1) is 18.8. The molecule has 1 aliphatic rings. The van der Waals surface area contributed by atoms with Crippen molar-refractivity contribution in [2.75, 3.05) is 0 Å². The lowest BCUT2D eigenvalue weighted by Gasteiger charge is -2.23. The average molecular weight is 527 g/mol. The third kappa shape index (κ3) is 4.27. The summed E-state index contributed by atoms with van der Waals surface area (Å²) in [6, 6.07) is 15.1. The number of ether oxygens (including phenoxy) is 1. The fourth-order valence-electron chi connectivity index (χ4n) is 5.18. The van der Waals surface area contributed by atoms with Crippen molar-refractivity contribution in [3.63, 3.8) is 0 Å². The maximum absolute atomic E-state index is 15.3. The van der Waals surface area contributed by atoms with Gasteiger partial charge in [0.15, 0.2) is 0 Å². The van der Waals surface area contributed by atoms with Gasteiger partial charge in [0.1, 0.15) is 35.6 Å². The van der Waals surface area contributed by atoms with E-state index in [1.165, 1.54) is 35.2 Å². The number of hydrogen-bond donors (Lipinski definition) is 1. The van der Waals surface area contributed by atoms with Crippen molar-refractivity contribution in [2.45, 2.75) is 33.0 Å². The second-order valence-electron chi connectivity index (χ2n) is 9.71. The molecule has 3 aromatic carbocycles. The molecule has 1 amide bonds. The van der Waals surface area contributed by atoms with Crippen molar-refractivity contribution >= 4 is 16.9 Å². The first-order valence-electron chi connectivity index (χ1n) is 12.5. The van der Waals surface area contributed by atoms with E-state index in [2.05, 4.69) is 5.32 Å². The van der Waals surface area contributed by atoms with E-state index in [-0.39, 0.29) is 29.7 Å². The van der Waals surface area contributed by atoms with Crippen molar-refractivity contribution in [1.29, 1.82) is 0 Å². The zero-order valence-corrected chi connectivity index (χ0v) is 21.3. The van der Waals surface area contributed by atoms with Gasteiger partial charge in [-0.05, 0) is 78.6 Å². The number of nitrogens with zero attached hydrogens (tertiary/aromatic N) is 1. The van der Waals surface area contributed by atoms with Crippen LogP contribution in [0, 0.1) is 25.5 Å². The van der Waals surface area contributed by atoms with Gasteiger partial charge in [0.2, 0.25) is 5.91 Å². The fourth-order valence-corrected chi connectivity index (χ4v) is 5.18. The molecule has 0 aliphatic carbocycles.